The maximum atomic E-state index is 12.8. The van der Waals surface area contributed by atoms with Gasteiger partial charge in [0.25, 0.3) is 0 Å². The summed E-state index contributed by atoms with van der Waals surface area (Å²) in [4.78, 5) is 23.0. The van der Waals surface area contributed by atoms with E-state index < -0.39 is 65.7 Å². The Kier molecular flexibility index (Phi) is 12.7. The molecule has 266 valence electrons. The van der Waals surface area contributed by atoms with Crippen LogP contribution in [0.4, 0.5) is 26.3 Å². The van der Waals surface area contributed by atoms with Gasteiger partial charge in [-0.25, -0.2) is 0 Å². The zero-order valence-electron chi connectivity index (χ0n) is 27.1. The summed E-state index contributed by atoms with van der Waals surface area (Å²) >= 11 is -9.48. The van der Waals surface area contributed by atoms with Crippen LogP contribution in [0.2, 0.25) is 0 Å². The van der Waals surface area contributed by atoms with Crippen molar-refractivity contribution in [2.75, 3.05) is 0 Å². The Morgan fingerprint density at radius 1 is 0.346 bits per heavy atom. The maximum absolute atomic E-state index is 12.8. The summed E-state index contributed by atoms with van der Waals surface area (Å²) in [6.07, 6.45) is -11.0. The van der Waals surface area contributed by atoms with Crippen molar-refractivity contribution in [3.05, 3.63) is 182 Å². The van der Waals surface area contributed by atoms with Crippen molar-refractivity contribution in [1.29, 1.82) is 0 Å². The van der Waals surface area contributed by atoms with Gasteiger partial charge in [0.05, 0.1) is 0 Å². The fourth-order valence-corrected chi connectivity index (χ4v) is 32.0. The molecule has 0 aliphatic heterocycles. The quantitative estimate of drug-likeness (QED) is 0.149. The first kappa shape index (κ1) is 38.8. The predicted molar refractivity (Wildman–Crippen MR) is 192 cm³/mol. The molecule has 0 unspecified atom stereocenters. The molecule has 0 fully saturated rings. The Morgan fingerprint density at radius 3 is 0.731 bits per heavy atom. The molecule has 0 saturated carbocycles. The van der Waals surface area contributed by atoms with Crippen molar-refractivity contribution in [2.45, 2.75) is 12.4 Å². The van der Waals surface area contributed by atoms with Gasteiger partial charge in [-0.15, -0.1) is 0 Å². The summed E-state index contributed by atoms with van der Waals surface area (Å²) in [6.45, 7) is 0. The van der Waals surface area contributed by atoms with E-state index in [9.17, 15) is 35.9 Å². The molecule has 0 spiro atoms. The number of alkyl halides is 6. The van der Waals surface area contributed by atoms with Crippen LogP contribution in [-0.2, 0) is 15.2 Å². The third-order valence-electron chi connectivity index (χ3n) is 7.65. The van der Waals surface area contributed by atoms with Crippen LogP contribution < -0.4 is 19.6 Å². The van der Waals surface area contributed by atoms with Crippen LogP contribution in [0.15, 0.2) is 182 Å². The fraction of sp³-hybridized carbons (Fsp3) is 0.0500. The second-order valence-corrected chi connectivity index (χ2v) is 34.0. The van der Waals surface area contributed by atoms with E-state index in [2.05, 4.69) is 127 Å². The van der Waals surface area contributed by atoms with Crippen LogP contribution in [0.5, 0.6) is 0 Å². The van der Waals surface area contributed by atoms with Crippen molar-refractivity contribution >= 4 is 73.0 Å². The molecule has 0 saturated heterocycles. The summed E-state index contributed by atoms with van der Waals surface area (Å²) in [7, 11) is 0. The van der Waals surface area contributed by atoms with E-state index in [-0.39, 0.29) is 6.54 Å². The molecule has 12 heteroatoms. The molecule has 6 aromatic rings. The minimum atomic E-state index is -6.10. The van der Waals surface area contributed by atoms with Gasteiger partial charge < -0.3 is 0 Å². The zero-order chi connectivity index (χ0) is 37.2. The molecule has 52 heavy (non-hydrogen) atoms. The number of benzene rings is 6. The van der Waals surface area contributed by atoms with E-state index >= 15 is 0 Å². The first-order valence-electron chi connectivity index (χ1n) is 15.6. The number of carbonyl (C=O) groups is 2. The molecule has 4 nitrogen and oxygen atoms in total. The summed E-state index contributed by atoms with van der Waals surface area (Å²) in [5.74, 6) is -5.47. The van der Waals surface area contributed by atoms with Crippen LogP contribution in [0.25, 0.3) is 0 Å². The summed E-state index contributed by atoms with van der Waals surface area (Å²) < 4.78 is 91.3. The number of rotatable bonds is 8. The van der Waals surface area contributed by atoms with Gasteiger partial charge in [0, 0.05) is 0 Å². The summed E-state index contributed by atoms with van der Waals surface area (Å²) in [5, 5.41) is 0. The van der Waals surface area contributed by atoms with Crippen molar-refractivity contribution in [1.82, 2.24) is 0 Å². The topological polar surface area (TPSA) is 52.6 Å². The van der Waals surface area contributed by atoms with Gasteiger partial charge in [-0.05, 0) is 0 Å². The van der Waals surface area contributed by atoms with Crippen molar-refractivity contribution in [2.24, 2.45) is 0 Å². The molecule has 0 amide bonds. The van der Waals surface area contributed by atoms with Crippen LogP contribution in [0.1, 0.15) is 0 Å². The molecule has 0 aliphatic rings. The van der Waals surface area contributed by atoms with E-state index in [1.807, 2.05) is 0 Å². The summed E-state index contributed by atoms with van der Waals surface area (Å²) in [6, 6.07) is 57.2. The average Bonchev–Trinajstić information content (AvgIpc) is 3.17. The number of hydrogen-bond donors (Lipinski definition) is 0. The minimum absolute atomic E-state index is 0.209. The molecule has 6 rings (SSSR count). The van der Waals surface area contributed by atoms with Gasteiger partial charge in [-0.1, -0.05) is 0 Å². The van der Waals surface area contributed by atoms with Crippen molar-refractivity contribution < 1.29 is 41.6 Å². The molecular formula is C40H30Bi2F6O4. The molecule has 0 N–H and O–H groups in total. The Bertz CT molecular complexity index is 1800. The van der Waals surface area contributed by atoms with Crippen molar-refractivity contribution in [3.8, 4) is 0 Å². The molecule has 2 radical (unpaired) electrons. The fourth-order valence-electron chi connectivity index (χ4n) is 5.46. The van der Waals surface area contributed by atoms with E-state index in [1.54, 1.807) is 0 Å². The third-order valence-corrected chi connectivity index (χ3v) is 35.2. The average molecular weight is 1110 g/mol. The van der Waals surface area contributed by atoms with Crippen molar-refractivity contribution in [3.63, 3.8) is 0 Å². The number of carbonyl (C=O) groups excluding carboxylic acids is 2. The standard InChI is InChI=1S/6C6H5.2C2HF3O2.2Bi/c6*1-2-4-6-5-3-1;2*3-2(4,5)1(6)7;;/h6*1-5H;2*(H,6,7);;/q;;;;;;;;;+2/p-2. The Labute approximate surface area is 306 Å². The van der Waals surface area contributed by atoms with E-state index in [1.165, 1.54) is 49.5 Å². The second-order valence-electron chi connectivity index (χ2n) is 11.0. The predicted octanol–water partition coefficient (Wildman–Crippen LogP) is 5.52. The monoisotopic (exact) mass is 1110 g/mol. The van der Waals surface area contributed by atoms with Gasteiger partial charge in [0.1, 0.15) is 0 Å². The van der Waals surface area contributed by atoms with Crippen LogP contribution >= 0.6 is 0 Å². The number of halogens is 6. The van der Waals surface area contributed by atoms with Crippen LogP contribution in [-0.4, -0.2) is 65.7 Å². The first-order valence-corrected chi connectivity index (χ1v) is 28.9. The molecule has 0 heterocycles. The van der Waals surface area contributed by atoms with E-state index in [0.717, 1.165) is 24.3 Å². The Morgan fingerprint density at radius 2 is 0.538 bits per heavy atom. The molecule has 0 aromatic heterocycles. The van der Waals surface area contributed by atoms with Gasteiger partial charge in [-0.3, -0.25) is 0 Å². The molecule has 0 aliphatic carbocycles. The SMILES string of the molecule is O=C([O][Bi]([O]C(=O)C(F)(F)F)([c]1ccccc1)[c]1ccccc1)C(F)(F)F.c1cc[c]([Bi]([c]2ccccc2)([c]2ccccc2)[c]2ccccc2)cc1. The van der Waals surface area contributed by atoms with Gasteiger partial charge >= 0.3 is 309 Å². The van der Waals surface area contributed by atoms with Gasteiger partial charge in [0.2, 0.25) is 0 Å². The van der Waals surface area contributed by atoms with E-state index in [0.29, 0.717) is 0 Å². The summed E-state index contributed by atoms with van der Waals surface area (Å²) in [5.41, 5.74) is 0. The van der Waals surface area contributed by atoms with Crippen LogP contribution in [0, 0.1) is 0 Å². The molecular weight excluding hydrogens is 1080 g/mol. The Hall–Kier alpha value is -4.39. The third kappa shape index (κ3) is 8.79. The first-order chi connectivity index (χ1) is 24.9. The van der Waals surface area contributed by atoms with Gasteiger partial charge in [-0.2, -0.15) is 0 Å². The molecule has 0 atom stereocenters. The molecule has 6 aromatic carbocycles. The van der Waals surface area contributed by atoms with E-state index in [4.69, 9.17) is 0 Å². The number of hydrogen-bond acceptors (Lipinski definition) is 4. The van der Waals surface area contributed by atoms with Gasteiger partial charge in [0.15, 0.2) is 0 Å². The van der Waals surface area contributed by atoms with Crippen LogP contribution in [0.3, 0.4) is 0 Å². The second kappa shape index (κ2) is 17.0. The molecule has 0 bridgehead atoms. The zero-order valence-corrected chi connectivity index (χ0v) is 34.1. The Balaban J connectivity index is 0.000000201. The normalized spacial score (nSPS) is 11.8.